The van der Waals surface area contributed by atoms with E-state index in [1.54, 1.807) is 18.2 Å². The van der Waals surface area contributed by atoms with E-state index >= 15 is 0 Å². The maximum absolute atomic E-state index is 14.4. The smallest absolute Gasteiger partial charge is 0.488 e. The van der Waals surface area contributed by atoms with Gasteiger partial charge in [0.25, 0.3) is 8.32 Å². The van der Waals surface area contributed by atoms with Crippen molar-refractivity contribution in [2.24, 2.45) is 17.8 Å². The average Bonchev–Trinajstić information content (AvgIpc) is 3.46. The van der Waals surface area contributed by atoms with Crippen LogP contribution in [-0.4, -0.2) is 71.9 Å². The number of phenols is 1. The number of amides is 2. The van der Waals surface area contributed by atoms with E-state index in [9.17, 15) is 39.3 Å². The fraction of sp³-hybridized carbons (Fsp3) is 0.348. The molecule has 1 saturated heterocycles. The van der Waals surface area contributed by atoms with E-state index in [4.69, 9.17) is 4.43 Å². The second-order valence-electron chi connectivity index (χ2n) is 16.4. The van der Waals surface area contributed by atoms with Crippen molar-refractivity contribution >= 4 is 54.8 Å². The van der Waals surface area contributed by atoms with E-state index < -0.39 is 69.3 Å². The Morgan fingerprint density at radius 2 is 1.59 bits per heavy atom. The first-order valence-corrected chi connectivity index (χ1v) is 21.9. The lowest BCUT2D eigenvalue weighted by Gasteiger charge is -2.44. The second kappa shape index (κ2) is 18.1. The molecule has 1 heterocycles. The quantitative estimate of drug-likeness (QED) is 0.0625. The number of aromatic hydroxyl groups is 1. The Morgan fingerprint density at radius 3 is 2.16 bits per heavy atom. The molecule has 9 nitrogen and oxygen atoms in total. The minimum atomic E-state index is -3.12. The van der Waals surface area contributed by atoms with Crippen LogP contribution in [-0.2, 0) is 14.0 Å². The predicted octanol–water partition coefficient (Wildman–Crippen LogP) is 5.23. The minimum absolute atomic E-state index is 0.0392. The Bertz CT molecular complexity index is 2120. The number of anilines is 1. The van der Waals surface area contributed by atoms with Gasteiger partial charge < -0.3 is 29.8 Å². The maximum atomic E-state index is 14.4. The van der Waals surface area contributed by atoms with Crippen LogP contribution in [0, 0.1) is 23.6 Å². The fourth-order valence-electron chi connectivity index (χ4n) is 9.04. The van der Waals surface area contributed by atoms with Gasteiger partial charge in [-0.15, -0.1) is 0 Å². The number of aliphatic hydroxyl groups excluding tert-OH is 2. The summed E-state index contributed by atoms with van der Waals surface area (Å²) in [7, 11) is -4.93. The van der Waals surface area contributed by atoms with Crippen molar-refractivity contribution in [3.8, 4) is 5.75 Å². The summed E-state index contributed by atoms with van der Waals surface area (Å²) in [5.74, 6) is -4.92. The number of nitrogens with zero attached hydrogens (tertiary/aromatic N) is 1. The zero-order valence-electron chi connectivity index (χ0n) is 33.5. The van der Waals surface area contributed by atoms with E-state index in [1.807, 2.05) is 49.4 Å². The van der Waals surface area contributed by atoms with Crippen molar-refractivity contribution in [3.05, 3.63) is 131 Å². The molecule has 0 spiro atoms. The Hall–Kier alpha value is -4.69. The van der Waals surface area contributed by atoms with Gasteiger partial charge in [0.2, 0.25) is 11.8 Å². The Labute approximate surface area is 341 Å². The normalized spacial score (nSPS) is 19.4. The molecule has 0 saturated carbocycles. The molecule has 304 valence electrons. The number of hydrogen-bond acceptors (Lipinski definition) is 8. The first-order valence-electron chi connectivity index (χ1n) is 20.0. The summed E-state index contributed by atoms with van der Waals surface area (Å²) in [6.45, 7) is 8.03. The molecule has 58 heavy (non-hydrogen) atoms. The standard InChI is InChI=1S/C46H53BFNO8Si/c1-5-13-30(24-31-21-22-40(51)39(48)25-31)20-23-41(52)42-32(29-57-58(46(2,3)4,35-16-8-6-9-17-35)36-18-10-7-11-19-36)26-37-43(38(42)28-50)45(54)49(44(37)53)34-15-12-14-33(27-34)47(55)56/h6-12,14-19,21-22,24-25,27,37-38,41,43,50-52,55-56H,5,13,20,23,26,28-29H2,1-4H3/b30-24+/t37-,38+,41-,43-/m1/s1. The van der Waals surface area contributed by atoms with Crippen LogP contribution in [0.15, 0.2) is 120 Å². The Balaban J connectivity index is 1.43. The van der Waals surface area contributed by atoms with Crippen molar-refractivity contribution < 1.29 is 43.8 Å². The Kier molecular flexibility index (Phi) is 13.4. The molecule has 1 aliphatic heterocycles. The molecule has 0 unspecified atom stereocenters. The largest absolute Gasteiger partial charge is 0.505 e. The summed E-state index contributed by atoms with van der Waals surface area (Å²) in [5, 5.41) is 54.7. The molecule has 0 radical (unpaired) electrons. The molecule has 4 aromatic rings. The Morgan fingerprint density at radius 1 is 0.931 bits per heavy atom. The van der Waals surface area contributed by atoms with Gasteiger partial charge in [-0.25, -0.2) is 4.39 Å². The first-order chi connectivity index (χ1) is 27.7. The van der Waals surface area contributed by atoms with Crippen LogP contribution >= 0.6 is 0 Å². The summed E-state index contributed by atoms with van der Waals surface area (Å²) in [5.41, 5.74) is 2.98. The lowest BCUT2D eigenvalue weighted by Crippen LogP contribution is -2.66. The highest BCUT2D eigenvalue weighted by Gasteiger charge is 2.56. The van der Waals surface area contributed by atoms with E-state index in [2.05, 4.69) is 45.0 Å². The molecule has 4 aromatic carbocycles. The van der Waals surface area contributed by atoms with Crippen LogP contribution in [0.2, 0.25) is 5.04 Å². The molecule has 0 aromatic heterocycles. The molecular formula is C46H53BFNO8Si. The SMILES string of the molecule is CCC/C(=C\c1ccc(O)c(F)c1)CC[C@@H](O)C1=C(CO[Si](c2ccccc2)(c2ccccc2)C(C)(C)C)C[C@H]2C(=O)N(c3cccc(B(O)O)c3)C(=O)[C@H]2[C@H]1CO. The molecule has 0 bridgehead atoms. The van der Waals surface area contributed by atoms with Crippen LogP contribution in [0.1, 0.15) is 65.4 Å². The number of imide groups is 1. The predicted molar refractivity (Wildman–Crippen MR) is 228 cm³/mol. The van der Waals surface area contributed by atoms with Gasteiger partial charge in [0.05, 0.1) is 36.8 Å². The molecule has 4 atom stereocenters. The molecule has 1 aliphatic carbocycles. The molecule has 6 rings (SSSR count). The van der Waals surface area contributed by atoms with Gasteiger partial charge in [-0.1, -0.05) is 125 Å². The monoisotopic (exact) mass is 805 g/mol. The van der Waals surface area contributed by atoms with Gasteiger partial charge in [0.15, 0.2) is 11.6 Å². The summed E-state index contributed by atoms with van der Waals surface area (Å²) >= 11 is 0. The number of allylic oxidation sites excluding steroid dienone is 1. The number of rotatable bonds is 15. The van der Waals surface area contributed by atoms with Gasteiger partial charge in [0, 0.05) is 5.92 Å². The second-order valence-corrected chi connectivity index (χ2v) is 20.7. The maximum Gasteiger partial charge on any atom is 0.488 e. The number of phenolic OH excluding ortho intramolecular Hbond substituents is 1. The van der Waals surface area contributed by atoms with Crippen LogP contribution in [0.25, 0.3) is 6.08 Å². The third-order valence-electron chi connectivity index (χ3n) is 11.7. The van der Waals surface area contributed by atoms with Crippen LogP contribution in [0.4, 0.5) is 10.1 Å². The molecule has 2 amide bonds. The lowest BCUT2D eigenvalue weighted by atomic mass is 9.68. The lowest BCUT2D eigenvalue weighted by molar-refractivity contribution is -0.123. The number of carbonyl (C=O) groups excluding carboxylic acids is 2. The van der Waals surface area contributed by atoms with E-state index in [0.29, 0.717) is 29.6 Å². The van der Waals surface area contributed by atoms with E-state index in [0.717, 1.165) is 27.3 Å². The number of benzene rings is 4. The fourth-order valence-corrected chi connectivity index (χ4v) is 13.6. The van der Waals surface area contributed by atoms with Crippen molar-refractivity contribution in [1.82, 2.24) is 0 Å². The molecule has 2 aliphatic rings. The minimum Gasteiger partial charge on any atom is -0.505 e. The summed E-state index contributed by atoms with van der Waals surface area (Å²) < 4.78 is 21.6. The van der Waals surface area contributed by atoms with Crippen molar-refractivity contribution in [2.75, 3.05) is 18.1 Å². The average molecular weight is 806 g/mol. The van der Waals surface area contributed by atoms with Gasteiger partial charge in [-0.05, 0) is 87.5 Å². The van der Waals surface area contributed by atoms with Gasteiger partial charge >= 0.3 is 7.12 Å². The first kappa shape index (κ1) is 42.9. The van der Waals surface area contributed by atoms with Crippen LogP contribution in [0.3, 0.4) is 0 Å². The van der Waals surface area contributed by atoms with Gasteiger partial charge in [-0.2, -0.15) is 0 Å². The van der Waals surface area contributed by atoms with Crippen molar-refractivity contribution in [3.63, 3.8) is 0 Å². The van der Waals surface area contributed by atoms with Crippen LogP contribution < -0.4 is 20.7 Å². The third kappa shape index (κ3) is 8.54. The van der Waals surface area contributed by atoms with Gasteiger partial charge in [-0.3, -0.25) is 14.5 Å². The highest BCUT2D eigenvalue weighted by molar-refractivity contribution is 6.99. The number of aliphatic hydroxyl groups is 2. The number of halogens is 1. The summed E-state index contributed by atoms with van der Waals surface area (Å²) in [6.07, 6.45) is 2.96. The number of fused-ring (bicyclic) bond motifs is 1. The molecule has 1 fully saturated rings. The number of carbonyl (C=O) groups is 2. The zero-order valence-corrected chi connectivity index (χ0v) is 34.5. The zero-order chi connectivity index (χ0) is 41.8. The highest BCUT2D eigenvalue weighted by atomic mass is 28.4. The summed E-state index contributed by atoms with van der Waals surface area (Å²) in [4.78, 5) is 29.8. The molecular weight excluding hydrogens is 752 g/mol. The highest BCUT2D eigenvalue weighted by Crippen LogP contribution is 2.48. The van der Waals surface area contributed by atoms with Crippen LogP contribution in [0.5, 0.6) is 5.75 Å². The molecule has 12 heteroatoms. The van der Waals surface area contributed by atoms with E-state index in [1.165, 1.54) is 24.3 Å². The van der Waals surface area contributed by atoms with Gasteiger partial charge in [0.1, 0.15) is 0 Å². The summed E-state index contributed by atoms with van der Waals surface area (Å²) in [6, 6.07) is 30.4. The number of hydrogen-bond donors (Lipinski definition) is 5. The topological polar surface area (TPSA) is 148 Å². The van der Waals surface area contributed by atoms with Crippen molar-refractivity contribution in [1.29, 1.82) is 0 Å². The molecule has 5 N–H and O–H groups in total. The third-order valence-corrected chi connectivity index (χ3v) is 16.7. The van der Waals surface area contributed by atoms with Crippen molar-refractivity contribution in [2.45, 2.75) is 70.9 Å². The van der Waals surface area contributed by atoms with E-state index in [-0.39, 0.29) is 35.6 Å².